The summed E-state index contributed by atoms with van der Waals surface area (Å²) in [4.78, 5) is 10.5. The van der Waals surface area contributed by atoms with Gasteiger partial charge >= 0.3 is 5.97 Å². The highest BCUT2D eigenvalue weighted by atomic mass is 16.5. The number of hydrogen-bond donors (Lipinski definition) is 2. The van der Waals surface area contributed by atoms with Crippen molar-refractivity contribution in [3.05, 3.63) is 12.2 Å². The lowest BCUT2D eigenvalue weighted by molar-refractivity contribution is -0.137. The van der Waals surface area contributed by atoms with E-state index >= 15 is 0 Å². The Morgan fingerprint density at radius 2 is 2.00 bits per heavy atom. The Labute approximate surface area is 152 Å². The number of aliphatic carboxylic acids is 1. The van der Waals surface area contributed by atoms with Crippen LogP contribution in [0.1, 0.15) is 77.6 Å². The highest BCUT2D eigenvalue weighted by molar-refractivity contribution is 5.66. The number of unbranched alkanes of at least 4 members (excludes halogenated alkanes) is 5. The molecule has 1 aliphatic heterocycles. The number of aliphatic hydroxyl groups excluding tert-OH is 1. The third-order valence-corrected chi connectivity index (χ3v) is 5.93. The summed E-state index contributed by atoms with van der Waals surface area (Å²) in [6.07, 6.45) is 15.4. The SMILES string of the molecule is CCCCC[C@H](O)/C=C/[C@H]1C2CC(CO2)[C@@H]1CCCCCCC(=O)O. The van der Waals surface area contributed by atoms with Gasteiger partial charge in [-0.25, -0.2) is 0 Å². The van der Waals surface area contributed by atoms with Gasteiger partial charge in [-0.15, -0.1) is 0 Å². The first kappa shape index (κ1) is 20.4. The molecule has 1 aliphatic carbocycles. The Balaban J connectivity index is 1.71. The van der Waals surface area contributed by atoms with Crippen LogP contribution in [0, 0.1) is 17.8 Å². The van der Waals surface area contributed by atoms with Crippen molar-refractivity contribution in [3.63, 3.8) is 0 Å². The molecule has 0 spiro atoms. The molecule has 1 heterocycles. The van der Waals surface area contributed by atoms with Crippen LogP contribution in [-0.4, -0.2) is 35.0 Å². The molecule has 0 radical (unpaired) electrons. The number of carboxylic acid groups (broad SMARTS) is 1. The molecule has 2 fully saturated rings. The lowest BCUT2D eigenvalue weighted by atomic mass is 9.83. The van der Waals surface area contributed by atoms with Crippen LogP contribution in [0.3, 0.4) is 0 Å². The van der Waals surface area contributed by atoms with Crippen molar-refractivity contribution in [2.75, 3.05) is 6.61 Å². The van der Waals surface area contributed by atoms with Crippen molar-refractivity contribution in [2.45, 2.75) is 89.8 Å². The van der Waals surface area contributed by atoms with E-state index in [0.717, 1.165) is 38.7 Å². The molecule has 25 heavy (non-hydrogen) atoms. The van der Waals surface area contributed by atoms with Gasteiger partial charge in [-0.05, 0) is 37.5 Å². The number of hydrogen-bond acceptors (Lipinski definition) is 3. The van der Waals surface area contributed by atoms with Gasteiger partial charge in [0.25, 0.3) is 0 Å². The maximum Gasteiger partial charge on any atom is 0.303 e. The van der Waals surface area contributed by atoms with E-state index in [1.165, 1.54) is 32.1 Å². The smallest absolute Gasteiger partial charge is 0.303 e. The summed E-state index contributed by atoms with van der Waals surface area (Å²) in [6.45, 7) is 3.08. The molecule has 0 aromatic rings. The fourth-order valence-corrected chi connectivity index (χ4v) is 4.50. The molecule has 2 N–H and O–H groups in total. The lowest BCUT2D eigenvalue weighted by Crippen LogP contribution is -2.28. The predicted molar refractivity (Wildman–Crippen MR) is 99.5 cm³/mol. The van der Waals surface area contributed by atoms with Crippen LogP contribution in [0.4, 0.5) is 0 Å². The van der Waals surface area contributed by atoms with E-state index in [1.54, 1.807) is 0 Å². The molecule has 0 aromatic carbocycles. The molecule has 0 amide bonds. The molecule has 5 atom stereocenters. The van der Waals surface area contributed by atoms with E-state index in [9.17, 15) is 9.90 Å². The first-order chi connectivity index (χ1) is 12.1. The maximum absolute atomic E-state index is 10.5. The number of carboxylic acids is 1. The number of carbonyl (C=O) groups is 1. The molecule has 1 saturated carbocycles. The fourth-order valence-electron chi connectivity index (χ4n) is 4.50. The predicted octanol–water partition coefficient (Wildman–Crippen LogP) is 4.56. The van der Waals surface area contributed by atoms with E-state index in [-0.39, 0.29) is 6.10 Å². The van der Waals surface area contributed by atoms with Gasteiger partial charge in [0.15, 0.2) is 0 Å². The summed E-state index contributed by atoms with van der Waals surface area (Å²) in [5.41, 5.74) is 0. The highest BCUT2D eigenvalue weighted by Gasteiger charge is 2.46. The molecular formula is C21H36O4. The van der Waals surface area contributed by atoms with Gasteiger partial charge < -0.3 is 14.9 Å². The van der Waals surface area contributed by atoms with Crippen LogP contribution in [0.15, 0.2) is 12.2 Å². The summed E-state index contributed by atoms with van der Waals surface area (Å²) in [7, 11) is 0. The Bertz CT molecular complexity index is 420. The van der Waals surface area contributed by atoms with Crippen LogP contribution < -0.4 is 0 Å². The molecule has 1 saturated heterocycles. The van der Waals surface area contributed by atoms with Gasteiger partial charge in [0.2, 0.25) is 0 Å². The van der Waals surface area contributed by atoms with E-state index in [1.807, 2.05) is 6.08 Å². The molecular weight excluding hydrogens is 316 g/mol. The quantitative estimate of drug-likeness (QED) is 0.377. The van der Waals surface area contributed by atoms with E-state index in [4.69, 9.17) is 9.84 Å². The highest BCUT2D eigenvalue weighted by Crippen LogP contribution is 2.47. The molecule has 2 unspecified atom stereocenters. The van der Waals surface area contributed by atoms with Crippen molar-refractivity contribution >= 4 is 5.97 Å². The van der Waals surface area contributed by atoms with Crippen molar-refractivity contribution in [3.8, 4) is 0 Å². The standard InChI is InChI=1S/C21H36O4/c1-2-3-6-9-17(22)12-13-19-18(16-14-20(19)25-15-16)10-7-4-5-8-11-21(23)24/h12-13,16-20,22H,2-11,14-15H2,1H3,(H,23,24)/b13-12+/t16?,17-,18-,19+,20?/m0/s1. The summed E-state index contributed by atoms with van der Waals surface area (Å²) >= 11 is 0. The largest absolute Gasteiger partial charge is 0.481 e. The second-order valence-corrected chi connectivity index (χ2v) is 7.90. The zero-order chi connectivity index (χ0) is 18.1. The average Bonchev–Trinajstić information content (AvgIpc) is 3.17. The van der Waals surface area contributed by atoms with Crippen LogP contribution >= 0.6 is 0 Å². The van der Waals surface area contributed by atoms with Gasteiger partial charge in [-0.2, -0.15) is 0 Å². The Morgan fingerprint density at radius 3 is 2.76 bits per heavy atom. The number of ether oxygens (including phenoxy) is 1. The summed E-state index contributed by atoms with van der Waals surface area (Å²) in [6, 6.07) is 0. The normalized spacial score (nSPS) is 29.5. The molecule has 4 nitrogen and oxygen atoms in total. The first-order valence-corrected chi connectivity index (χ1v) is 10.3. The third kappa shape index (κ3) is 6.74. The Kier molecular flexibility index (Phi) is 8.97. The zero-order valence-electron chi connectivity index (χ0n) is 15.7. The van der Waals surface area contributed by atoms with Crippen LogP contribution in [0.2, 0.25) is 0 Å². The fraction of sp³-hybridized carbons (Fsp3) is 0.857. The number of fused-ring (bicyclic) bond motifs is 2. The van der Waals surface area contributed by atoms with Crippen molar-refractivity contribution in [1.82, 2.24) is 0 Å². The van der Waals surface area contributed by atoms with Crippen molar-refractivity contribution in [2.24, 2.45) is 17.8 Å². The Morgan fingerprint density at radius 1 is 1.20 bits per heavy atom. The lowest BCUT2D eigenvalue weighted by Gasteiger charge is -2.29. The van der Waals surface area contributed by atoms with Gasteiger partial charge in [-0.3, -0.25) is 4.79 Å². The van der Waals surface area contributed by atoms with E-state index in [2.05, 4.69) is 13.0 Å². The molecule has 4 heteroatoms. The molecule has 2 aliphatic rings. The van der Waals surface area contributed by atoms with Crippen molar-refractivity contribution in [1.29, 1.82) is 0 Å². The minimum atomic E-state index is -0.687. The summed E-state index contributed by atoms with van der Waals surface area (Å²) < 4.78 is 5.90. The van der Waals surface area contributed by atoms with Gasteiger partial charge in [0, 0.05) is 12.3 Å². The monoisotopic (exact) mass is 352 g/mol. The number of rotatable bonds is 13. The second-order valence-electron chi connectivity index (χ2n) is 7.90. The molecule has 0 aromatic heterocycles. The summed E-state index contributed by atoms with van der Waals surface area (Å²) in [5.74, 6) is 1.12. The second kappa shape index (κ2) is 11.0. The van der Waals surface area contributed by atoms with Gasteiger partial charge in [0.05, 0.1) is 18.8 Å². The number of aliphatic hydroxyl groups is 1. The van der Waals surface area contributed by atoms with Crippen LogP contribution in [-0.2, 0) is 9.53 Å². The zero-order valence-corrected chi connectivity index (χ0v) is 15.7. The molecule has 2 bridgehead atoms. The first-order valence-electron chi connectivity index (χ1n) is 10.3. The minimum Gasteiger partial charge on any atom is -0.481 e. The van der Waals surface area contributed by atoms with Crippen LogP contribution in [0.25, 0.3) is 0 Å². The topological polar surface area (TPSA) is 66.8 Å². The summed E-state index contributed by atoms with van der Waals surface area (Å²) in [5, 5.41) is 18.8. The van der Waals surface area contributed by atoms with Gasteiger partial charge in [-0.1, -0.05) is 57.6 Å². The van der Waals surface area contributed by atoms with Gasteiger partial charge in [0.1, 0.15) is 0 Å². The molecule has 2 rings (SSSR count). The Hall–Kier alpha value is -0.870. The van der Waals surface area contributed by atoms with Crippen LogP contribution in [0.5, 0.6) is 0 Å². The third-order valence-electron chi connectivity index (χ3n) is 5.93. The molecule has 144 valence electrons. The average molecular weight is 353 g/mol. The van der Waals surface area contributed by atoms with E-state index < -0.39 is 5.97 Å². The maximum atomic E-state index is 10.5. The van der Waals surface area contributed by atoms with E-state index in [0.29, 0.717) is 30.3 Å². The minimum absolute atomic E-state index is 0.295. The van der Waals surface area contributed by atoms with Crippen molar-refractivity contribution < 1.29 is 19.7 Å².